The first-order chi connectivity index (χ1) is 13.4. The van der Waals surface area contributed by atoms with Crippen LogP contribution in [0.4, 0.5) is 4.39 Å². The van der Waals surface area contributed by atoms with Crippen LogP contribution in [0.3, 0.4) is 0 Å². The number of hydrogen-bond acceptors (Lipinski definition) is 6. The number of fused-ring (bicyclic) bond motifs is 2. The molecule has 1 aromatic carbocycles. The van der Waals surface area contributed by atoms with Gasteiger partial charge in [0.15, 0.2) is 11.9 Å². The average Bonchev–Trinajstić information content (AvgIpc) is 2.93. The Morgan fingerprint density at radius 1 is 1.36 bits per heavy atom. The second-order valence-electron chi connectivity index (χ2n) is 7.08. The van der Waals surface area contributed by atoms with Crippen LogP contribution < -0.4 is 10.3 Å². The normalized spacial score (nSPS) is 13.8. The van der Waals surface area contributed by atoms with Crippen LogP contribution in [-0.2, 0) is 17.1 Å². The van der Waals surface area contributed by atoms with Gasteiger partial charge in [-0.15, -0.1) is 11.3 Å². The van der Waals surface area contributed by atoms with E-state index in [1.165, 1.54) is 35.2 Å². The first kappa shape index (κ1) is 19.4. The molecule has 0 amide bonds. The SMILES string of the molecule is Cc1sc2nc(SCc3cc(F)cc4c3OCOC4)n(C(C)C)c(=O)c2c1C. The second kappa shape index (κ2) is 7.50. The molecule has 2 aromatic heterocycles. The number of benzene rings is 1. The third-order valence-corrected chi connectivity index (χ3v) is 6.93. The van der Waals surface area contributed by atoms with Crippen LogP contribution in [0.5, 0.6) is 5.75 Å². The minimum Gasteiger partial charge on any atom is -0.467 e. The monoisotopic (exact) mass is 420 g/mol. The summed E-state index contributed by atoms with van der Waals surface area (Å²) in [6.07, 6.45) is 0. The number of aryl methyl sites for hydroxylation is 2. The average molecular weight is 421 g/mol. The summed E-state index contributed by atoms with van der Waals surface area (Å²) in [6, 6.07) is 2.89. The standard InChI is InChI=1S/C20H21FN2O3S2/c1-10(2)23-19(24)16-11(3)12(4)28-18(16)22-20(23)27-8-14-6-15(21)5-13-7-25-9-26-17(13)14/h5-6,10H,7-9H2,1-4H3. The summed E-state index contributed by atoms with van der Waals surface area (Å²) in [5.41, 5.74) is 2.42. The topological polar surface area (TPSA) is 53.4 Å². The molecule has 0 saturated heterocycles. The summed E-state index contributed by atoms with van der Waals surface area (Å²) in [7, 11) is 0. The molecule has 1 aliphatic rings. The summed E-state index contributed by atoms with van der Waals surface area (Å²) < 4.78 is 26.6. The van der Waals surface area contributed by atoms with Gasteiger partial charge in [-0.25, -0.2) is 9.37 Å². The van der Waals surface area contributed by atoms with Crippen molar-refractivity contribution in [2.45, 2.75) is 51.3 Å². The third-order valence-electron chi connectivity index (χ3n) is 4.83. The quantitative estimate of drug-likeness (QED) is 0.441. The molecule has 28 heavy (non-hydrogen) atoms. The molecular formula is C20H21FN2O3S2. The van der Waals surface area contributed by atoms with E-state index in [-0.39, 0.29) is 24.2 Å². The predicted octanol–water partition coefficient (Wildman–Crippen LogP) is 4.95. The van der Waals surface area contributed by atoms with Gasteiger partial charge in [0, 0.05) is 27.8 Å². The molecule has 0 saturated carbocycles. The van der Waals surface area contributed by atoms with Crippen molar-refractivity contribution in [1.82, 2.24) is 9.55 Å². The first-order valence-corrected chi connectivity index (χ1v) is 10.8. The minimum atomic E-state index is -0.322. The molecule has 0 unspecified atom stereocenters. The van der Waals surface area contributed by atoms with Crippen molar-refractivity contribution in [3.8, 4) is 5.75 Å². The van der Waals surface area contributed by atoms with Gasteiger partial charge in [-0.1, -0.05) is 11.8 Å². The molecule has 0 fully saturated rings. The van der Waals surface area contributed by atoms with Gasteiger partial charge >= 0.3 is 0 Å². The van der Waals surface area contributed by atoms with Crippen LogP contribution in [0, 0.1) is 19.7 Å². The van der Waals surface area contributed by atoms with Gasteiger partial charge in [0.2, 0.25) is 0 Å². The zero-order valence-corrected chi connectivity index (χ0v) is 17.8. The van der Waals surface area contributed by atoms with Gasteiger partial charge in [0.25, 0.3) is 5.56 Å². The molecule has 8 heteroatoms. The molecule has 3 aromatic rings. The molecule has 0 radical (unpaired) electrons. The Balaban J connectivity index is 1.76. The Labute approximate surface area is 170 Å². The molecule has 4 rings (SSSR count). The van der Waals surface area contributed by atoms with Crippen LogP contribution in [-0.4, -0.2) is 16.3 Å². The highest BCUT2D eigenvalue weighted by molar-refractivity contribution is 7.98. The Morgan fingerprint density at radius 2 is 2.14 bits per heavy atom. The Hall–Kier alpha value is -1.90. The van der Waals surface area contributed by atoms with E-state index < -0.39 is 0 Å². The molecular weight excluding hydrogens is 399 g/mol. The van der Waals surface area contributed by atoms with Crippen molar-refractivity contribution >= 4 is 33.3 Å². The summed E-state index contributed by atoms with van der Waals surface area (Å²) >= 11 is 2.96. The van der Waals surface area contributed by atoms with Gasteiger partial charge in [-0.05, 0) is 45.4 Å². The lowest BCUT2D eigenvalue weighted by Crippen LogP contribution is -2.25. The van der Waals surface area contributed by atoms with Gasteiger partial charge in [0.05, 0.1) is 12.0 Å². The maximum atomic E-state index is 14.0. The fraction of sp³-hybridized carbons (Fsp3) is 0.400. The lowest BCUT2D eigenvalue weighted by Gasteiger charge is -2.21. The fourth-order valence-electron chi connectivity index (χ4n) is 3.35. The van der Waals surface area contributed by atoms with Crippen molar-refractivity contribution in [3.63, 3.8) is 0 Å². The van der Waals surface area contributed by atoms with E-state index in [4.69, 9.17) is 14.5 Å². The maximum Gasteiger partial charge on any atom is 0.263 e. The molecule has 1 aliphatic heterocycles. The Kier molecular flexibility index (Phi) is 5.20. The zero-order valence-electron chi connectivity index (χ0n) is 16.2. The molecule has 148 valence electrons. The van der Waals surface area contributed by atoms with Gasteiger partial charge in [-0.2, -0.15) is 0 Å². The van der Waals surface area contributed by atoms with Crippen molar-refractivity contribution in [3.05, 3.63) is 49.9 Å². The van der Waals surface area contributed by atoms with Crippen LogP contribution in [0.25, 0.3) is 10.2 Å². The summed E-state index contributed by atoms with van der Waals surface area (Å²) in [5, 5.41) is 1.34. The number of aromatic nitrogens is 2. The fourth-order valence-corrected chi connectivity index (χ4v) is 5.52. The second-order valence-corrected chi connectivity index (χ2v) is 9.22. The van der Waals surface area contributed by atoms with Crippen LogP contribution in [0.1, 0.15) is 41.5 Å². The summed E-state index contributed by atoms with van der Waals surface area (Å²) in [5.74, 6) is 0.800. The highest BCUT2D eigenvalue weighted by Gasteiger charge is 2.21. The number of halogens is 1. The molecule has 0 N–H and O–H groups in total. The maximum absolute atomic E-state index is 14.0. The van der Waals surface area contributed by atoms with E-state index in [2.05, 4.69) is 0 Å². The lowest BCUT2D eigenvalue weighted by atomic mass is 10.1. The third kappa shape index (κ3) is 3.33. The minimum absolute atomic E-state index is 0.0183. The number of hydrogen-bond donors (Lipinski definition) is 0. The van der Waals surface area contributed by atoms with E-state index in [1.54, 1.807) is 4.57 Å². The van der Waals surface area contributed by atoms with Crippen molar-refractivity contribution in [1.29, 1.82) is 0 Å². The Bertz CT molecular complexity index is 1120. The molecule has 0 aliphatic carbocycles. The molecule has 0 atom stereocenters. The van der Waals surface area contributed by atoms with E-state index in [0.29, 0.717) is 34.2 Å². The molecule has 0 spiro atoms. The number of nitrogens with zero attached hydrogens (tertiary/aromatic N) is 2. The van der Waals surface area contributed by atoms with Crippen LogP contribution in [0.15, 0.2) is 22.1 Å². The van der Waals surface area contributed by atoms with Crippen molar-refractivity contribution < 1.29 is 13.9 Å². The highest BCUT2D eigenvalue weighted by Crippen LogP contribution is 2.35. The van der Waals surface area contributed by atoms with E-state index in [0.717, 1.165) is 20.8 Å². The first-order valence-electron chi connectivity index (χ1n) is 9.03. The number of thiophene rings is 1. The number of thioether (sulfide) groups is 1. The van der Waals surface area contributed by atoms with Gasteiger partial charge in [-0.3, -0.25) is 9.36 Å². The predicted molar refractivity (Wildman–Crippen MR) is 110 cm³/mol. The van der Waals surface area contributed by atoms with Crippen LogP contribution in [0.2, 0.25) is 0 Å². The molecule has 3 heterocycles. The molecule has 5 nitrogen and oxygen atoms in total. The summed E-state index contributed by atoms with van der Waals surface area (Å²) in [6.45, 7) is 8.40. The van der Waals surface area contributed by atoms with E-state index in [9.17, 15) is 9.18 Å². The van der Waals surface area contributed by atoms with Gasteiger partial charge in [0.1, 0.15) is 16.4 Å². The lowest BCUT2D eigenvalue weighted by molar-refractivity contribution is -0.0171. The van der Waals surface area contributed by atoms with E-state index in [1.807, 2.05) is 27.7 Å². The largest absolute Gasteiger partial charge is 0.467 e. The smallest absolute Gasteiger partial charge is 0.263 e. The zero-order chi connectivity index (χ0) is 20.0. The Morgan fingerprint density at radius 3 is 2.89 bits per heavy atom. The molecule has 0 bridgehead atoms. The van der Waals surface area contributed by atoms with E-state index >= 15 is 0 Å². The number of ether oxygens (including phenoxy) is 2. The van der Waals surface area contributed by atoms with Crippen molar-refractivity contribution in [2.75, 3.05) is 6.79 Å². The van der Waals surface area contributed by atoms with Crippen molar-refractivity contribution in [2.24, 2.45) is 0 Å². The number of rotatable bonds is 4. The summed E-state index contributed by atoms with van der Waals surface area (Å²) in [4.78, 5) is 19.8. The highest BCUT2D eigenvalue weighted by atomic mass is 32.2. The van der Waals surface area contributed by atoms with Gasteiger partial charge < -0.3 is 9.47 Å². The van der Waals surface area contributed by atoms with Crippen LogP contribution >= 0.6 is 23.1 Å².